The smallest absolute Gasteiger partial charge is 0.0771 e. The fraction of sp³-hybridized carbons (Fsp3) is 0.625. The standard InChI is InChI=1S/C16H25NO/c1-2-3-10-15(14-8-5-4-6-9-14)17-13-16(18)11-7-12-16/h4-6,8-9,15,17-18H,2-3,7,10-13H2,1H3. The normalized spacial score (nSPS) is 19.2. The Morgan fingerprint density at radius 1 is 1.28 bits per heavy atom. The van der Waals surface area contributed by atoms with Gasteiger partial charge in [0.1, 0.15) is 0 Å². The lowest BCUT2D eigenvalue weighted by molar-refractivity contribution is -0.0334. The van der Waals surface area contributed by atoms with E-state index >= 15 is 0 Å². The topological polar surface area (TPSA) is 32.3 Å². The van der Waals surface area contributed by atoms with Gasteiger partial charge >= 0.3 is 0 Å². The van der Waals surface area contributed by atoms with Crippen LogP contribution in [0.1, 0.15) is 57.1 Å². The van der Waals surface area contributed by atoms with E-state index in [1.165, 1.54) is 24.8 Å². The van der Waals surface area contributed by atoms with Crippen molar-refractivity contribution in [2.75, 3.05) is 6.54 Å². The fourth-order valence-electron chi connectivity index (χ4n) is 2.56. The minimum Gasteiger partial charge on any atom is -0.389 e. The molecule has 100 valence electrons. The zero-order chi connectivity index (χ0) is 12.8. The molecular formula is C16H25NO. The Bertz CT molecular complexity index is 345. The SMILES string of the molecule is CCCCC(NCC1(O)CCC1)c1ccccc1. The van der Waals surface area contributed by atoms with Crippen molar-refractivity contribution in [3.8, 4) is 0 Å². The minimum atomic E-state index is -0.431. The van der Waals surface area contributed by atoms with E-state index in [0.717, 1.165) is 25.8 Å². The molecule has 1 saturated carbocycles. The number of unbranched alkanes of at least 4 members (excludes halogenated alkanes) is 1. The van der Waals surface area contributed by atoms with E-state index in [-0.39, 0.29) is 0 Å². The molecule has 1 aliphatic carbocycles. The van der Waals surface area contributed by atoms with Gasteiger partial charge in [0.2, 0.25) is 0 Å². The molecule has 0 amide bonds. The summed E-state index contributed by atoms with van der Waals surface area (Å²) in [6, 6.07) is 11.0. The Kier molecular flexibility index (Phi) is 4.79. The maximum Gasteiger partial charge on any atom is 0.0771 e. The molecule has 2 nitrogen and oxygen atoms in total. The largest absolute Gasteiger partial charge is 0.389 e. The fourth-order valence-corrected chi connectivity index (χ4v) is 2.56. The number of benzene rings is 1. The predicted octanol–water partition coefficient (Wildman–Crippen LogP) is 3.42. The van der Waals surface area contributed by atoms with Crippen LogP contribution in [-0.2, 0) is 0 Å². The minimum absolute atomic E-state index is 0.385. The molecule has 0 aromatic heterocycles. The molecule has 0 saturated heterocycles. The van der Waals surface area contributed by atoms with Crippen molar-refractivity contribution in [2.24, 2.45) is 0 Å². The van der Waals surface area contributed by atoms with Gasteiger partial charge in [0.05, 0.1) is 5.60 Å². The van der Waals surface area contributed by atoms with Crippen LogP contribution >= 0.6 is 0 Å². The molecule has 1 unspecified atom stereocenters. The first-order valence-electron chi connectivity index (χ1n) is 7.24. The molecule has 2 N–H and O–H groups in total. The summed E-state index contributed by atoms with van der Waals surface area (Å²) in [5, 5.41) is 13.7. The Morgan fingerprint density at radius 3 is 2.56 bits per heavy atom. The van der Waals surface area contributed by atoms with E-state index in [2.05, 4.69) is 42.6 Å². The van der Waals surface area contributed by atoms with Gasteiger partial charge in [-0.1, -0.05) is 50.1 Å². The zero-order valence-electron chi connectivity index (χ0n) is 11.4. The van der Waals surface area contributed by atoms with E-state index in [1.54, 1.807) is 0 Å². The van der Waals surface area contributed by atoms with Crippen molar-refractivity contribution in [3.63, 3.8) is 0 Å². The van der Waals surface area contributed by atoms with Crippen LogP contribution in [0.15, 0.2) is 30.3 Å². The molecule has 1 aromatic carbocycles. The highest BCUT2D eigenvalue weighted by Gasteiger charge is 2.34. The van der Waals surface area contributed by atoms with Crippen LogP contribution in [-0.4, -0.2) is 17.3 Å². The first-order valence-corrected chi connectivity index (χ1v) is 7.24. The van der Waals surface area contributed by atoms with Crippen molar-refractivity contribution in [1.29, 1.82) is 0 Å². The van der Waals surface area contributed by atoms with Crippen LogP contribution in [0.4, 0.5) is 0 Å². The van der Waals surface area contributed by atoms with Crippen molar-refractivity contribution >= 4 is 0 Å². The van der Waals surface area contributed by atoms with E-state index in [4.69, 9.17) is 0 Å². The van der Waals surface area contributed by atoms with Gasteiger partial charge in [0.25, 0.3) is 0 Å². The maximum absolute atomic E-state index is 10.2. The average molecular weight is 247 g/mol. The molecule has 1 fully saturated rings. The monoisotopic (exact) mass is 247 g/mol. The summed E-state index contributed by atoms with van der Waals surface area (Å²) < 4.78 is 0. The van der Waals surface area contributed by atoms with Gasteiger partial charge in [-0.2, -0.15) is 0 Å². The molecule has 0 aliphatic heterocycles. The lowest BCUT2D eigenvalue weighted by atomic mass is 9.80. The second-order valence-electron chi connectivity index (χ2n) is 5.56. The van der Waals surface area contributed by atoms with Crippen molar-refractivity contribution in [2.45, 2.75) is 57.1 Å². The number of hydrogen-bond acceptors (Lipinski definition) is 2. The van der Waals surface area contributed by atoms with Gasteiger partial charge in [-0.05, 0) is 31.2 Å². The van der Waals surface area contributed by atoms with E-state index in [0.29, 0.717) is 6.04 Å². The molecule has 18 heavy (non-hydrogen) atoms. The third kappa shape index (κ3) is 3.56. The van der Waals surface area contributed by atoms with Gasteiger partial charge in [0.15, 0.2) is 0 Å². The number of aliphatic hydroxyl groups is 1. The lowest BCUT2D eigenvalue weighted by Crippen LogP contribution is -2.47. The van der Waals surface area contributed by atoms with Gasteiger partial charge < -0.3 is 10.4 Å². The zero-order valence-corrected chi connectivity index (χ0v) is 11.4. The molecule has 2 rings (SSSR count). The summed E-state index contributed by atoms with van der Waals surface area (Å²) in [6.07, 6.45) is 6.67. The van der Waals surface area contributed by atoms with Crippen molar-refractivity contribution < 1.29 is 5.11 Å². The summed E-state index contributed by atoms with van der Waals surface area (Å²) in [5.74, 6) is 0. The summed E-state index contributed by atoms with van der Waals surface area (Å²) in [6.45, 7) is 2.96. The van der Waals surface area contributed by atoms with Crippen LogP contribution in [0, 0.1) is 0 Å². The van der Waals surface area contributed by atoms with Crippen LogP contribution in [0.3, 0.4) is 0 Å². The Hall–Kier alpha value is -0.860. The maximum atomic E-state index is 10.2. The average Bonchev–Trinajstić information content (AvgIpc) is 2.38. The van der Waals surface area contributed by atoms with Crippen molar-refractivity contribution in [1.82, 2.24) is 5.32 Å². The summed E-state index contributed by atoms with van der Waals surface area (Å²) >= 11 is 0. The van der Waals surface area contributed by atoms with Gasteiger partial charge in [-0.15, -0.1) is 0 Å². The lowest BCUT2D eigenvalue weighted by Gasteiger charge is -2.38. The Morgan fingerprint density at radius 2 is 2.00 bits per heavy atom. The molecule has 0 bridgehead atoms. The van der Waals surface area contributed by atoms with Gasteiger partial charge in [0, 0.05) is 12.6 Å². The number of hydrogen-bond donors (Lipinski definition) is 2. The second kappa shape index (κ2) is 6.35. The third-order valence-electron chi connectivity index (χ3n) is 4.01. The van der Waals surface area contributed by atoms with E-state index < -0.39 is 5.60 Å². The Labute approximate surface area is 110 Å². The summed E-state index contributed by atoms with van der Waals surface area (Å²) in [5.41, 5.74) is 0.910. The first kappa shape index (κ1) is 13.6. The molecule has 1 aromatic rings. The summed E-state index contributed by atoms with van der Waals surface area (Å²) in [7, 11) is 0. The molecule has 1 aliphatic rings. The third-order valence-corrected chi connectivity index (χ3v) is 4.01. The van der Waals surface area contributed by atoms with Crippen LogP contribution in [0.25, 0.3) is 0 Å². The predicted molar refractivity (Wildman–Crippen MR) is 75.5 cm³/mol. The second-order valence-corrected chi connectivity index (χ2v) is 5.56. The van der Waals surface area contributed by atoms with Gasteiger partial charge in [-0.3, -0.25) is 0 Å². The molecule has 0 radical (unpaired) electrons. The van der Waals surface area contributed by atoms with Crippen molar-refractivity contribution in [3.05, 3.63) is 35.9 Å². The number of nitrogens with one attached hydrogen (secondary N) is 1. The highest BCUT2D eigenvalue weighted by molar-refractivity contribution is 5.19. The molecule has 1 atom stereocenters. The van der Waals surface area contributed by atoms with E-state index in [9.17, 15) is 5.11 Å². The van der Waals surface area contributed by atoms with Crippen LogP contribution in [0.2, 0.25) is 0 Å². The van der Waals surface area contributed by atoms with E-state index in [1.807, 2.05) is 0 Å². The van der Waals surface area contributed by atoms with Crippen LogP contribution in [0.5, 0.6) is 0 Å². The molecule has 2 heteroatoms. The highest BCUT2D eigenvalue weighted by atomic mass is 16.3. The molecular weight excluding hydrogens is 222 g/mol. The number of rotatable bonds is 7. The molecule has 0 spiro atoms. The van der Waals surface area contributed by atoms with Crippen LogP contribution < -0.4 is 5.32 Å². The quantitative estimate of drug-likeness (QED) is 0.773. The highest BCUT2D eigenvalue weighted by Crippen LogP contribution is 2.31. The summed E-state index contributed by atoms with van der Waals surface area (Å²) in [4.78, 5) is 0. The first-order chi connectivity index (χ1) is 8.73. The molecule has 0 heterocycles. The van der Waals surface area contributed by atoms with Gasteiger partial charge in [-0.25, -0.2) is 0 Å². The Balaban J connectivity index is 1.92.